The van der Waals surface area contributed by atoms with Crippen LogP contribution in [0, 0.1) is 0 Å². The molecule has 3 N–H and O–H groups in total. The molecule has 132 valence electrons. The van der Waals surface area contributed by atoms with Gasteiger partial charge in [0.2, 0.25) is 5.91 Å². The Kier molecular flexibility index (Phi) is 6.04. The van der Waals surface area contributed by atoms with E-state index in [1.54, 1.807) is 24.3 Å². The van der Waals surface area contributed by atoms with Crippen molar-refractivity contribution in [3.63, 3.8) is 0 Å². The Labute approximate surface area is 153 Å². The summed E-state index contributed by atoms with van der Waals surface area (Å²) in [6, 6.07) is 12.9. The van der Waals surface area contributed by atoms with Crippen LogP contribution in [0.5, 0.6) is 0 Å². The molecule has 1 heterocycles. The Morgan fingerprint density at radius 3 is 2.68 bits per heavy atom. The van der Waals surface area contributed by atoms with Gasteiger partial charge in [0.15, 0.2) is 5.78 Å². The summed E-state index contributed by atoms with van der Waals surface area (Å²) in [6.45, 7) is 2.55. The molecule has 0 aliphatic carbocycles. The SMILES string of the molecule is CC(=O)c1ccccc1NC(=O)CN1CCCc2c(N)cccc21.Cl. The number of benzene rings is 2. The van der Waals surface area contributed by atoms with Crippen LogP contribution in [-0.2, 0) is 11.2 Å². The van der Waals surface area contributed by atoms with Gasteiger partial charge < -0.3 is 16.0 Å². The molecule has 1 aliphatic rings. The van der Waals surface area contributed by atoms with Crippen molar-refractivity contribution < 1.29 is 9.59 Å². The Morgan fingerprint density at radius 1 is 1.16 bits per heavy atom. The number of hydrogen-bond acceptors (Lipinski definition) is 4. The maximum atomic E-state index is 12.5. The van der Waals surface area contributed by atoms with Crippen LogP contribution in [0.25, 0.3) is 0 Å². The van der Waals surface area contributed by atoms with Crippen molar-refractivity contribution in [2.45, 2.75) is 19.8 Å². The molecule has 0 aromatic heterocycles. The van der Waals surface area contributed by atoms with E-state index in [1.165, 1.54) is 6.92 Å². The number of nitrogen functional groups attached to an aromatic ring is 1. The maximum absolute atomic E-state index is 12.5. The van der Waals surface area contributed by atoms with Gasteiger partial charge in [-0.15, -0.1) is 12.4 Å². The number of para-hydroxylation sites is 1. The molecule has 0 radical (unpaired) electrons. The summed E-state index contributed by atoms with van der Waals surface area (Å²) in [5.74, 6) is -0.207. The molecule has 0 fully saturated rings. The van der Waals surface area contributed by atoms with Crippen molar-refractivity contribution in [2.75, 3.05) is 29.0 Å². The van der Waals surface area contributed by atoms with Gasteiger partial charge in [0.25, 0.3) is 0 Å². The highest BCUT2D eigenvalue weighted by molar-refractivity contribution is 6.04. The molecular weight excluding hydrogens is 338 g/mol. The Morgan fingerprint density at radius 2 is 1.92 bits per heavy atom. The monoisotopic (exact) mass is 359 g/mol. The van der Waals surface area contributed by atoms with E-state index in [9.17, 15) is 9.59 Å². The van der Waals surface area contributed by atoms with Gasteiger partial charge in [-0.3, -0.25) is 9.59 Å². The predicted octanol–water partition coefficient (Wildman–Crippen LogP) is 3.28. The van der Waals surface area contributed by atoms with E-state index < -0.39 is 0 Å². The van der Waals surface area contributed by atoms with Gasteiger partial charge in [0.05, 0.1) is 12.2 Å². The van der Waals surface area contributed by atoms with Gasteiger partial charge in [0, 0.05) is 23.5 Å². The van der Waals surface area contributed by atoms with Crippen molar-refractivity contribution in [1.29, 1.82) is 0 Å². The topological polar surface area (TPSA) is 75.4 Å². The van der Waals surface area contributed by atoms with Crippen molar-refractivity contribution in [2.24, 2.45) is 0 Å². The quantitative estimate of drug-likeness (QED) is 0.648. The summed E-state index contributed by atoms with van der Waals surface area (Å²) in [7, 11) is 0. The molecule has 0 saturated carbocycles. The standard InChI is InChI=1S/C19H21N3O2.ClH/c1-13(23)14-6-2-3-9-17(14)21-19(24)12-22-11-5-7-15-16(20)8-4-10-18(15)22;/h2-4,6,8-10H,5,7,11-12,20H2,1H3,(H,21,24);1H. The highest BCUT2D eigenvalue weighted by atomic mass is 35.5. The molecule has 1 aliphatic heterocycles. The maximum Gasteiger partial charge on any atom is 0.243 e. The Balaban J connectivity index is 0.00000225. The van der Waals surface area contributed by atoms with Gasteiger partial charge in [-0.05, 0) is 49.6 Å². The fourth-order valence-corrected chi connectivity index (χ4v) is 3.15. The molecule has 0 bridgehead atoms. The third-order valence-corrected chi connectivity index (χ3v) is 4.30. The summed E-state index contributed by atoms with van der Waals surface area (Å²) in [5, 5.41) is 2.85. The average molecular weight is 360 g/mol. The van der Waals surface area contributed by atoms with Crippen LogP contribution in [0.4, 0.5) is 17.1 Å². The van der Waals surface area contributed by atoms with Gasteiger partial charge >= 0.3 is 0 Å². The number of nitrogens with two attached hydrogens (primary N) is 1. The molecule has 0 unspecified atom stereocenters. The molecule has 1 amide bonds. The minimum atomic E-state index is -0.140. The number of carbonyl (C=O) groups is 2. The molecule has 5 nitrogen and oxygen atoms in total. The van der Waals surface area contributed by atoms with Gasteiger partial charge in [0.1, 0.15) is 0 Å². The number of ketones is 1. The fourth-order valence-electron chi connectivity index (χ4n) is 3.15. The average Bonchev–Trinajstić information content (AvgIpc) is 2.56. The van der Waals surface area contributed by atoms with Crippen LogP contribution in [-0.4, -0.2) is 24.8 Å². The molecule has 0 saturated heterocycles. The molecule has 2 aromatic carbocycles. The zero-order chi connectivity index (χ0) is 17.1. The lowest BCUT2D eigenvalue weighted by molar-refractivity contribution is -0.115. The van der Waals surface area contributed by atoms with Gasteiger partial charge in [-0.25, -0.2) is 0 Å². The predicted molar refractivity (Wildman–Crippen MR) is 104 cm³/mol. The number of anilines is 3. The minimum Gasteiger partial charge on any atom is -0.398 e. The van der Waals surface area contributed by atoms with E-state index in [-0.39, 0.29) is 30.6 Å². The smallest absolute Gasteiger partial charge is 0.243 e. The molecule has 3 rings (SSSR count). The van der Waals surface area contributed by atoms with E-state index in [4.69, 9.17) is 5.73 Å². The lowest BCUT2D eigenvalue weighted by Crippen LogP contribution is -2.37. The van der Waals surface area contributed by atoms with Crippen molar-refractivity contribution >= 4 is 41.2 Å². The van der Waals surface area contributed by atoms with Gasteiger partial charge in [-0.2, -0.15) is 0 Å². The molecular formula is C19H22ClN3O2. The number of hydrogen-bond donors (Lipinski definition) is 2. The first-order chi connectivity index (χ1) is 11.6. The molecule has 6 heteroatoms. The summed E-state index contributed by atoms with van der Waals surface area (Å²) in [5.41, 5.74) is 10.0. The van der Waals surface area contributed by atoms with E-state index in [0.717, 1.165) is 36.3 Å². The van der Waals surface area contributed by atoms with Crippen LogP contribution < -0.4 is 16.0 Å². The van der Waals surface area contributed by atoms with Gasteiger partial charge in [-0.1, -0.05) is 18.2 Å². The highest BCUT2D eigenvalue weighted by Crippen LogP contribution is 2.31. The zero-order valence-electron chi connectivity index (χ0n) is 14.1. The first-order valence-corrected chi connectivity index (χ1v) is 8.08. The normalized spacial score (nSPS) is 12.8. The number of halogens is 1. The summed E-state index contributed by atoms with van der Waals surface area (Å²) in [6.07, 6.45) is 1.91. The van der Waals surface area contributed by atoms with E-state index in [2.05, 4.69) is 5.32 Å². The molecule has 2 aromatic rings. The molecule has 0 atom stereocenters. The zero-order valence-corrected chi connectivity index (χ0v) is 14.9. The second kappa shape index (κ2) is 8.03. The van der Waals surface area contributed by atoms with E-state index in [0.29, 0.717) is 11.3 Å². The minimum absolute atomic E-state index is 0. The van der Waals surface area contributed by atoms with Crippen molar-refractivity contribution in [3.05, 3.63) is 53.6 Å². The third kappa shape index (κ3) is 4.12. The Bertz CT molecular complexity index is 792. The first kappa shape index (κ1) is 18.8. The van der Waals surface area contributed by atoms with Crippen molar-refractivity contribution in [1.82, 2.24) is 0 Å². The van der Waals surface area contributed by atoms with Crippen LogP contribution >= 0.6 is 12.4 Å². The Hall–Kier alpha value is -2.53. The van der Waals surface area contributed by atoms with Crippen LogP contribution in [0.1, 0.15) is 29.3 Å². The van der Waals surface area contributed by atoms with Crippen LogP contribution in [0.2, 0.25) is 0 Å². The number of Topliss-reactive ketones (excluding diaryl/α,β-unsaturated/α-hetero) is 1. The van der Waals surface area contributed by atoms with Crippen molar-refractivity contribution in [3.8, 4) is 0 Å². The summed E-state index contributed by atoms with van der Waals surface area (Å²) < 4.78 is 0. The summed E-state index contributed by atoms with van der Waals surface area (Å²) >= 11 is 0. The number of carbonyl (C=O) groups excluding carboxylic acids is 2. The first-order valence-electron chi connectivity index (χ1n) is 8.08. The fraction of sp³-hybridized carbons (Fsp3) is 0.263. The van der Waals surface area contributed by atoms with E-state index >= 15 is 0 Å². The van der Waals surface area contributed by atoms with Crippen LogP contribution in [0.15, 0.2) is 42.5 Å². The largest absolute Gasteiger partial charge is 0.398 e. The second-order valence-electron chi connectivity index (χ2n) is 6.02. The summed E-state index contributed by atoms with van der Waals surface area (Å²) in [4.78, 5) is 26.2. The van der Waals surface area contributed by atoms with E-state index in [1.807, 2.05) is 23.1 Å². The number of nitrogens with zero attached hydrogens (tertiary/aromatic N) is 1. The number of amides is 1. The number of rotatable bonds is 4. The second-order valence-corrected chi connectivity index (χ2v) is 6.02. The lowest BCUT2D eigenvalue weighted by Gasteiger charge is -2.31. The highest BCUT2D eigenvalue weighted by Gasteiger charge is 2.21. The third-order valence-electron chi connectivity index (χ3n) is 4.30. The lowest BCUT2D eigenvalue weighted by atomic mass is 10.00. The molecule has 0 spiro atoms. The number of nitrogens with one attached hydrogen (secondary N) is 1. The number of fused-ring (bicyclic) bond motifs is 1. The van der Waals surface area contributed by atoms with Crippen LogP contribution in [0.3, 0.4) is 0 Å². The molecule has 25 heavy (non-hydrogen) atoms.